The molecule has 0 radical (unpaired) electrons. The molecule has 0 aliphatic rings. The zero-order chi connectivity index (χ0) is 36.4. The molecule has 3 nitrogen and oxygen atoms in total. The van der Waals surface area contributed by atoms with E-state index in [1.165, 1.54) is 22.1 Å². The Bertz CT molecular complexity index is 2820. The van der Waals surface area contributed by atoms with E-state index >= 15 is 0 Å². The second kappa shape index (κ2) is 14.1. The fraction of sp³-hybridized carbons (Fsp3) is 0.0392. The van der Waals surface area contributed by atoms with E-state index in [2.05, 4.69) is 172 Å². The van der Waals surface area contributed by atoms with Crippen LogP contribution < -0.4 is 0 Å². The van der Waals surface area contributed by atoms with E-state index in [0.29, 0.717) is 5.82 Å². The van der Waals surface area contributed by atoms with E-state index in [4.69, 9.17) is 15.0 Å². The van der Waals surface area contributed by atoms with Gasteiger partial charge in [-0.25, -0.2) is 15.0 Å². The Labute approximate surface area is 316 Å². The zero-order valence-electron chi connectivity index (χ0n) is 30.1. The van der Waals surface area contributed by atoms with Crippen molar-refractivity contribution in [2.75, 3.05) is 0 Å². The van der Waals surface area contributed by atoms with E-state index in [1.807, 2.05) is 30.3 Å². The maximum absolute atomic E-state index is 5.24. The van der Waals surface area contributed by atoms with E-state index < -0.39 is 0 Å². The summed E-state index contributed by atoms with van der Waals surface area (Å²) in [4.78, 5) is 15.5. The van der Waals surface area contributed by atoms with E-state index in [-0.39, 0.29) is 0 Å². The van der Waals surface area contributed by atoms with Gasteiger partial charge in [0.15, 0.2) is 5.82 Å². The number of benzene rings is 6. The molecule has 0 aliphatic carbocycles. The number of aromatic nitrogens is 3. The molecule has 0 spiro atoms. The van der Waals surface area contributed by atoms with Crippen molar-refractivity contribution in [2.24, 2.45) is 0 Å². The van der Waals surface area contributed by atoms with Crippen LogP contribution in [0, 0.1) is 19.1 Å². The summed E-state index contributed by atoms with van der Waals surface area (Å²) in [7, 11) is 0. The van der Waals surface area contributed by atoms with Crippen LogP contribution in [0.2, 0.25) is 0 Å². The van der Waals surface area contributed by atoms with Crippen LogP contribution in [0.4, 0.5) is 0 Å². The number of hydrogen-bond acceptors (Lipinski definition) is 3. The number of pyridine rings is 1. The third-order valence-corrected chi connectivity index (χ3v) is 9.98. The van der Waals surface area contributed by atoms with Crippen molar-refractivity contribution in [3.8, 4) is 67.4 Å². The van der Waals surface area contributed by atoms with Crippen LogP contribution in [0.1, 0.15) is 18.1 Å². The van der Waals surface area contributed by atoms with Crippen molar-refractivity contribution in [3.63, 3.8) is 0 Å². The second-order valence-corrected chi connectivity index (χ2v) is 13.5. The van der Waals surface area contributed by atoms with Crippen molar-refractivity contribution < 1.29 is 0 Å². The quantitative estimate of drug-likeness (QED) is 0.156. The molecule has 0 bridgehead atoms. The van der Waals surface area contributed by atoms with Crippen molar-refractivity contribution in [1.29, 1.82) is 0 Å². The van der Waals surface area contributed by atoms with Crippen molar-refractivity contribution >= 4 is 27.8 Å². The van der Waals surface area contributed by atoms with Gasteiger partial charge in [-0.15, -0.1) is 0 Å². The lowest BCUT2D eigenvalue weighted by Crippen LogP contribution is -1.96. The van der Waals surface area contributed by atoms with Crippen LogP contribution in [0.5, 0.6) is 0 Å². The molecule has 0 aliphatic heterocycles. The van der Waals surface area contributed by atoms with Gasteiger partial charge >= 0.3 is 0 Å². The smallest absolute Gasteiger partial charge is 0.161 e. The number of nitrogens with zero attached hydrogens (tertiary/aromatic N) is 3. The summed E-state index contributed by atoms with van der Waals surface area (Å²) in [5.41, 5.74) is 14.4. The predicted molar refractivity (Wildman–Crippen MR) is 225 cm³/mol. The van der Waals surface area contributed by atoms with E-state index in [9.17, 15) is 0 Å². The third kappa shape index (κ3) is 6.21. The molecule has 0 N–H and O–H groups in total. The molecular weight excluding hydrogens is 655 g/mol. The maximum Gasteiger partial charge on any atom is 0.161 e. The van der Waals surface area contributed by atoms with E-state index in [1.54, 1.807) is 0 Å². The lowest BCUT2D eigenvalue weighted by atomic mass is 9.92. The number of fused-ring (bicyclic) bond motifs is 3. The van der Waals surface area contributed by atoms with Gasteiger partial charge < -0.3 is 0 Å². The molecule has 3 heteroatoms. The average Bonchev–Trinajstić information content (AvgIpc) is 3.25. The molecule has 0 saturated carbocycles. The Morgan fingerprint density at radius 3 is 1.89 bits per heavy atom. The maximum atomic E-state index is 5.24. The number of allylic oxidation sites excluding steroid dienone is 1. The molecule has 0 unspecified atom stereocenters. The SMILES string of the molecule is C/C=C\c1c(C)ccc2c(-c3cccc(-c4c#ccc(-c5nc(-c6ccccc6)cc(-c6ccc(-c7ccccc7)cc6)n5)c4)c3)nc3ccccc3c12. The molecule has 0 amide bonds. The highest BCUT2D eigenvalue weighted by Gasteiger charge is 2.16. The Morgan fingerprint density at radius 2 is 1.13 bits per heavy atom. The Hall–Kier alpha value is -7.15. The fourth-order valence-corrected chi connectivity index (χ4v) is 7.26. The number of hydrogen-bond donors (Lipinski definition) is 0. The highest BCUT2D eigenvalue weighted by molar-refractivity contribution is 6.14. The lowest BCUT2D eigenvalue weighted by Gasteiger charge is -2.15. The monoisotopic (exact) mass is 689 g/mol. The van der Waals surface area contributed by atoms with Crippen molar-refractivity contribution in [2.45, 2.75) is 13.8 Å². The molecule has 2 aromatic heterocycles. The molecule has 2 heterocycles. The van der Waals surface area contributed by atoms with E-state index in [0.717, 1.165) is 72.3 Å². The van der Waals surface area contributed by atoms with Crippen LogP contribution in [-0.2, 0) is 0 Å². The molecular formula is C51H35N3. The topological polar surface area (TPSA) is 38.7 Å². The van der Waals surface area contributed by atoms with Crippen molar-refractivity contribution in [1.82, 2.24) is 15.0 Å². The number of para-hydroxylation sites is 1. The van der Waals surface area contributed by atoms with Gasteiger partial charge in [0.05, 0.1) is 22.6 Å². The molecule has 0 atom stereocenters. The van der Waals surface area contributed by atoms with Crippen LogP contribution in [0.25, 0.3) is 95.2 Å². The van der Waals surface area contributed by atoms with Gasteiger partial charge in [0.1, 0.15) is 0 Å². The van der Waals surface area contributed by atoms with Crippen LogP contribution >= 0.6 is 0 Å². The molecule has 7 aromatic carbocycles. The summed E-state index contributed by atoms with van der Waals surface area (Å²) in [6, 6.07) is 63.4. The number of aryl methyl sites for hydroxylation is 1. The summed E-state index contributed by atoms with van der Waals surface area (Å²) >= 11 is 0. The molecule has 0 saturated heterocycles. The standard InChI is InChI=1S/C51H35N3/c1-3-14-43-34(2)25-30-45-49(43)44-23-10-11-24-46(44)52-50(45)41-21-12-19-39(31-41)40-20-13-22-42(32-40)51-53-47(37-17-8-5-9-18-37)33-48(54-51)38-28-26-36(27-29-38)35-15-6-4-7-16-35/h3-12,14-19,21-33H,1-2H3/b14-3-. The van der Waals surface area contributed by atoms with Crippen LogP contribution in [0.15, 0.2) is 170 Å². The lowest BCUT2D eigenvalue weighted by molar-refractivity contribution is 1.18. The summed E-state index contributed by atoms with van der Waals surface area (Å²) in [6.07, 6.45) is 4.32. The molecule has 0 fully saturated rings. The first-order valence-electron chi connectivity index (χ1n) is 18.2. The normalized spacial score (nSPS) is 11.3. The minimum absolute atomic E-state index is 0.634. The largest absolute Gasteiger partial charge is 0.247 e. The first kappa shape index (κ1) is 32.7. The van der Waals surface area contributed by atoms with Gasteiger partial charge in [0, 0.05) is 44.0 Å². The van der Waals surface area contributed by atoms with Gasteiger partial charge in [0.25, 0.3) is 0 Å². The van der Waals surface area contributed by atoms with Crippen LogP contribution in [-0.4, -0.2) is 15.0 Å². The Balaban J connectivity index is 1.14. The molecule has 9 rings (SSSR count). The summed E-state index contributed by atoms with van der Waals surface area (Å²) in [5, 5.41) is 3.51. The van der Waals surface area contributed by atoms with Gasteiger partial charge in [0.2, 0.25) is 0 Å². The predicted octanol–water partition coefficient (Wildman–Crippen LogP) is 13.1. The van der Waals surface area contributed by atoms with Gasteiger partial charge in [-0.2, -0.15) is 0 Å². The first-order chi connectivity index (χ1) is 26.6. The highest BCUT2D eigenvalue weighted by Crippen LogP contribution is 2.38. The second-order valence-electron chi connectivity index (χ2n) is 13.5. The molecule has 54 heavy (non-hydrogen) atoms. The Morgan fingerprint density at radius 1 is 0.500 bits per heavy atom. The number of rotatable bonds is 7. The van der Waals surface area contributed by atoms with Crippen LogP contribution in [0.3, 0.4) is 0 Å². The first-order valence-corrected chi connectivity index (χ1v) is 18.2. The Kier molecular flexibility index (Phi) is 8.55. The molecule has 9 aromatic rings. The summed E-state index contributed by atoms with van der Waals surface area (Å²) in [5.74, 6) is 0.634. The average molecular weight is 690 g/mol. The third-order valence-electron chi connectivity index (χ3n) is 9.98. The summed E-state index contributed by atoms with van der Waals surface area (Å²) in [6.45, 7) is 4.24. The summed E-state index contributed by atoms with van der Waals surface area (Å²) < 4.78 is 0. The van der Waals surface area contributed by atoms with Crippen molar-refractivity contribution in [3.05, 3.63) is 193 Å². The van der Waals surface area contributed by atoms with Gasteiger partial charge in [-0.3, -0.25) is 0 Å². The van der Waals surface area contributed by atoms with Gasteiger partial charge in [-0.05, 0) is 72.0 Å². The minimum Gasteiger partial charge on any atom is -0.247 e. The fourth-order valence-electron chi connectivity index (χ4n) is 7.26. The zero-order valence-corrected chi connectivity index (χ0v) is 30.1. The molecule has 254 valence electrons. The minimum atomic E-state index is 0.634. The highest BCUT2D eigenvalue weighted by atomic mass is 14.9. The van der Waals surface area contributed by atoms with Gasteiger partial charge in [-0.1, -0.05) is 158 Å².